The highest BCUT2D eigenvalue weighted by molar-refractivity contribution is 14.1. The summed E-state index contributed by atoms with van der Waals surface area (Å²) < 4.78 is 5.93. The number of nitrogens with zero attached hydrogens (tertiary/aromatic N) is 3. The molecular weight excluding hydrogens is 497 g/mol. The van der Waals surface area contributed by atoms with Crippen LogP contribution >= 0.6 is 54.5 Å². The van der Waals surface area contributed by atoms with Gasteiger partial charge in [0.15, 0.2) is 0 Å². The van der Waals surface area contributed by atoms with Crippen LogP contribution in [0.25, 0.3) is 11.0 Å². The first-order valence-electron chi connectivity index (χ1n) is 6.90. The van der Waals surface area contributed by atoms with Crippen molar-refractivity contribution in [3.8, 4) is 0 Å². The minimum atomic E-state index is 0.994. The predicted molar refractivity (Wildman–Crippen MR) is 99.7 cm³/mol. The van der Waals surface area contributed by atoms with E-state index < -0.39 is 0 Å². The Labute approximate surface area is 149 Å². The van der Waals surface area contributed by atoms with Crippen molar-refractivity contribution in [3.63, 3.8) is 0 Å². The van der Waals surface area contributed by atoms with Gasteiger partial charge in [-0.15, -0.1) is 0 Å². The molecule has 6 heteroatoms. The van der Waals surface area contributed by atoms with Crippen LogP contribution in [0.2, 0.25) is 0 Å². The fraction of sp³-hybridized carbons (Fsp3) is 0.500. The third-order valence-corrected chi connectivity index (χ3v) is 7.94. The largest absolute Gasteiger partial charge is 0.343 e. The summed E-state index contributed by atoms with van der Waals surface area (Å²) in [5.74, 6) is 1.12. The molecular formula is C14H16Br2IN3. The van der Waals surface area contributed by atoms with Gasteiger partial charge in [0.05, 0.1) is 9.09 Å². The van der Waals surface area contributed by atoms with Crippen molar-refractivity contribution >= 4 is 71.4 Å². The highest BCUT2D eigenvalue weighted by Crippen LogP contribution is 2.42. The average Bonchev–Trinajstić information content (AvgIpc) is 2.85. The molecule has 0 amide bonds. The molecule has 0 bridgehead atoms. The first-order chi connectivity index (χ1) is 9.60. The number of hydrogen-bond donors (Lipinski definition) is 0. The maximum atomic E-state index is 4.96. The summed E-state index contributed by atoms with van der Waals surface area (Å²) in [6, 6.07) is 0. The van der Waals surface area contributed by atoms with E-state index in [-0.39, 0.29) is 0 Å². The first kappa shape index (κ1) is 15.1. The van der Waals surface area contributed by atoms with Crippen LogP contribution in [0.15, 0.2) is 8.95 Å². The molecule has 0 atom stereocenters. The molecule has 1 aliphatic rings. The fourth-order valence-corrected chi connectivity index (χ4v) is 4.97. The van der Waals surface area contributed by atoms with Crippen LogP contribution in [0.1, 0.15) is 25.8 Å². The van der Waals surface area contributed by atoms with Crippen LogP contribution in [0.3, 0.4) is 0 Å². The van der Waals surface area contributed by atoms with Crippen molar-refractivity contribution in [2.45, 2.75) is 33.2 Å². The summed E-state index contributed by atoms with van der Waals surface area (Å²) in [4.78, 5) is 7.30. The Morgan fingerprint density at radius 2 is 1.95 bits per heavy atom. The Hall–Kier alpha value is 0.180. The van der Waals surface area contributed by atoms with Crippen molar-refractivity contribution < 1.29 is 0 Å². The van der Waals surface area contributed by atoms with Gasteiger partial charge < -0.3 is 9.47 Å². The Balaban J connectivity index is 2.38. The molecule has 1 aromatic carbocycles. The van der Waals surface area contributed by atoms with Gasteiger partial charge in [-0.05, 0) is 86.7 Å². The van der Waals surface area contributed by atoms with Gasteiger partial charge in [-0.2, -0.15) is 0 Å². The Kier molecular flexibility index (Phi) is 4.34. The number of aromatic nitrogens is 2. The lowest BCUT2D eigenvalue weighted by Gasteiger charge is -2.24. The zero-order valence-corrected chi connectivity index (χ0v) is 16.8. The van der Waals surface area contributed by atoms with Crippen LogP contribution < -0.4 is 4.90 Å². The smallest absolute Gasteiger partial charge is 0.206 e. The van der Waals surface area contributed by atoms with E-state index >= 15 is 0 Å². The molecule has 1 aliphatic heterocycles. The van der Waals surface area contributed by atoms with E-state index in [0.717, 1.165) is 42.0 Å². The van der Waals surface area contributed by atoms with Gasteiger partial charge >= 0.3 is 0 Å². The van der Waals surface area contributed by atoms with Gasteiger partial charge in [0.2, 0.25) is 5.95 Å². The maximum Gasteiger partial charge on any atom is 0.206 e. The van der Waals surface area contributed by atoms with Gasteiger partial charge in [0.25, 0.3) is 0 Å². The molecule has 0 spiro atoms. The number of hydrogen-bond acceptors (Lipinski definition) is 2. The lowest BCUT2D eigenvalue weighted by Crippen LogP contribution is -2.26. The molecule has 2 aromatic rings. The Morgan fingerprint density at radius 3 is 2.60 bits per heavy atom. The number of rotatable bonds is 3. The van der Waals surface area contributed by atoms with Crippen LogP contribution in [0, 0.1) is 3.57 Å². The van der Waals surface area contributed by atoms with Crippen LogP contribution in [0.5, 0.6) is 0 Å². The second-order valence-corrected chi connectivity index (χ2v) is 7.62. The van der Waals surface area contributed by atoms with Crippen LogP contribution in [-0.2, 0) is 13.0 Å². The van der Waals surface area contributed by atoms with Crippen molar-refractivity contribution in [2.24, 2.45) is 0 Å². The topological polar surface area (TPSA) is 21.1 Å². The van der Waals surface area contributed by atoms with Gasteiger partial charge in [0.1, 0.15) is 5.52 Å². The molecule has 0 unspecified atom stereocenters. The molecule has 0 N–H and O–H groups in total. The van der Waals surface area contributed by atoms with E-state index in [0.29, 0.717) is 0 Å². The van der Waals surface area contributed by atoms with Gasteiger partial charge in [-0.25, -0.2) is 4.98 Å². The third-order valence-electron chi connectivity index (χ3n) is 3.95. The summed E-state index contributed by atoms with van der Waals surface area (Å²) in [6.45, 7) is 7.44. The van der Waals surface area contributed by atoms with E-state index in [9.17, 15) is 0 Å². The number of aryl methyl sites for hydroxylation is 2. The lowest BCUT2D eigenvalue weighted by molar-refractivity contribution is 0.618. The summed E-state index contributed by atoms with van der Waals surface area (Å²) in [7, 11) is 0. The first-order valence-corrected chi connectivity index (χ1v) is 9.57. The minimum absolute atomic E-state index is 0.994. The summed E-state index contributed by atoms with van der Waals surface area (Å²) in [6.07, 6.45) is 2.30. The SMILES string of the molecule is CCN(CC)c1nc2c(I)c(Br)c(Br)c3c2n1CCC3. The molecule has 0 saturated carbocycles. The standard InChI is InChI=1S/C14H16Br2IN3/c1-3-19(4-2)14-18-12-11(17)10(16)9(15)8-6-5-7-20(14)13(8)12/h3-7H2,1-2H3. The fourth-order valence-electron chi connectivity index (χ4n) is 2.94. The van der Waals surface area contributed by atoms with Gasteiger partial charge in [-0.3, -0.25) is 0 Å². The summed E-state index contributed by atoms with van der Waals surface area (Å²) in [5.41, 5.74) is 3.85. The molecule has 3 rings (SSSR count). The summed E-state index contributed by atoms with van der Waals surface area (Å²) in [5, 5.41) is 0. The third kappa shape index (κ3) is 2.13. The second-order valence-electron chi connectivity index (χ2n) is 4.96. The predicted octanol–water partition coefficient (Wildman–Crippen LogP) is 4.96. The molecule has 0 aliphatic carbocycles. The molecule has 0 radical (unpaired) electrons. The zero-order chi connectivity index (χ0) is 14.4. The van der Waals surface area contributed by atoms with Gasteiger partial charge in [-0.1, -0.05) is 0 Å². The quantitative estimate of drug-likeness (QED) is 0.428. The monoisotopic (exact) mass is 511 g/mol. The summed E-state index contributed by atoms with van der Waals surface area (Å²) >= 11 is 9.85. The maximum absolute atomic E-state index is 4.96. The van der Waals surface area contributed by atoms with Crippen molar-refractivity contribution in [2.75, 3.05) is 18.0 Å². The van der Waals surface area contributed by atoms with E-state index in [4.69, 9.17) is 4.98 Å². The van der Waals surface area contributed by atoms with Crippen molar-refractivity contribution in [1.82, 2.24) is 9.55 Å². The lowest BCUT2D eigenvalue weighted by atomic mass is 10.0. The van der Waals surface area contributed by atoms with E-state index in [2.05, 4.69) is 77.8 Å². The molecule has 1 aromatic heterocycles. The molecule has 2 heterocycles. The molecule has 3 nitrogen and oxygen atoms in total. The number of halogens is 3. The number of benzene rings is 1. The van der Waals surface area contributed by atoms with Crippen molar-refractivity contribution in [1.29, 1.82) is 0 Å². The molecule has 0 fully saturated rings. The van der Waals surface area contributed by atoms with Crippen LogP contribution in [-0.4, -0.2) is 22.6 Å². The second kappa shape index (κ2) is 5.76. The van der Waals surface area contributed by atoms with E-state index in [1.807, 2.05) is 0 Å². The number of anilines is 1. The number of imidazole rings is 1. The zero-order valence-electron chi connectivity index (χ0n) is 11.5. The average molecular weight is 513 g/mol. The Morgan fingerprint density at radius 1 is 1.25 bits per heavy atom. The van der Waals surface area contributed by atoms with Gasteiger partial charge in [0, 0.05) is 28.6 Å². The molecule has 0 saturated heterocycles. The highest BCUT2D eigenvalue weighted by Gasteiger charge is 2.26. The van der Waals surface area contributed by atoms with E-state index in [1.165, 1.54) is 25.5 Å². The highest BCUT2D eigenvalue weighted by atomic mass is 127. The van der Waals surface area contributed by atoms with Crippen LogP contribution in [0.4, 0.5) is 5.95 Å². The molecule has 20 heavy (non-hydrogen) atoms. The normalized spacial score (nSPS) is 14.1. The van der Waals surface area contributed by atoms with E-state index in [1.54, 1.807) is 0 Å². The van der Waals surface area contributed by atoms with Crippen molar-refractivity contribution in [3.05, 3.63) is 18.1 Å². The molecule has 108 valence electrons. The Bertz CT molecular complexity index is 677. The minimum Gasteiger partial charge on any atom is -0.343 e.